The van der Waals surface area contributed by atoms with Gasteiger partial charge in [0.15, 0.2) is 0 Å². The van der Waals surface area contributed by atoms with Crippen molar-refractivity contribution in [2.45, 2.75) is 110 Å². The van der Waals surface area contributed by atoms with Crippen molar-refractivity contribution in [3.8, 4) is 0 Å². The predicted molar refractivity (Wildman–Crippen MR) is 144 cm³/mol. The predicted octanol–water partition coefficient (Wildman–Crippen LogP) is 4.73. The van der Waals surface area contributed by atoms with E-state index in [-0.39, 0.29) is 11.9 Å². The molecular formula is C24H48N8O3Si. The number of nitrogens with one attached hydrogen (secondary N) is 2. The molecule has 36 heavy (non-hydrogen) atoms. The van der Waals surface area contributed by atoms with Crippen molar-refractivity contribution in [3.05, 3.63) is 11.6 Å². The van der Waals surface area contributed by atoms with E-state index in [2.05, 4.69) is 37.3 Å². The fourth-order valence-corrected chi connectivity index (χ4v) is 7.31. The van der Waals surface area contributed by atoms with Gasteiger partial charge in [-0.3, -0.25) is 10.2 Å². The average molecular weight is 525 g/mol. The van der Waals surface area contributed by atoms with Gasteiger partial charge in [0.2, 0.25) is 11.9 Å². The zero-order valence-corrected chi connectivity index (χ0v) is 23.8. The Hall–Kier alpha value is -2.02. The standard InChI is InChI=1S/C24H48N8O3Si/c1-5-33-36(34-6-2,35-7-3)19-17-15-13-11-9-8-10-12-14-16-18-24(4,20-27-22(25)31-29-20)21-28-23(26)32-30-21/h5-19H2,1-4H3,(H3,25,27,29,31)(H3,26,28,30,32). The quantitative estimate of drug-likeness (QED) is 0.133. The van der Waals surface area contributed by atoms with Gasteiger partial charge in [0.1, 0.15) is 11.6 Å². The lowest BCUT2D eigenvalue weighted by molar-refractivity contribution is 0.0706. The summed E-state index contributed by atoms with van der Waals surface area (Å²) in [6.07, 6.45) is 13.0. The first-order chi connectivity index (χ1) is 17.4. The molecule has 0 saturated heterocycles. The highest BCUT2D eigenvalue weighted by atomic mass is 28.4. The Morgan fingerprint density at radius 3 is 1.42 bits per heavy atom. The van der Waals surface area contributed by atoms with Crippen molar-refractivity contribution in [2.24, 2.45) is 0 Å². The van der Waals surface area contributed by atoms with Crippen molar-refractivity contribution >= 4 is 20.7 Å². The van der Waals surface area contributed by atoms with E-state index in [1.807, 2.05) is 20.8 Å². The fourth-order valence-electron chi connectivity index (χ4n) is 4.63. The van der Waals surface area contributed by atoms with Gasteiger partial charge < -0.3 is 24.7 Å². The number of nitrogens with zero attached hydrogens (tertiary/aromatic N) is 4. The summed E-state index contributed by atoms with van der Waals surface area (Å²) in [5.74, 6) is 1.81. The number of hydrogen-bond acceptors (Lipinski definition) is 9. The van der Waals surface area contributed by atoms with Gasteiger partial charge in [-0.2, -0.15) is 9.97 Å². The normalized spacial score (nSPS) is 12.4. The van der Waals surface area contributed by atoms with Crippen LogP contribution in [0.1, 0.15) is 110 Å². The Morgan fingerprint density at radius 1 is 0.667 bits per heavy atom. The van der Waals surface area contributed by atoms with Crippen molar-refractivity contribution in [3.63, 3.8) is 0 Å². The maximum absolute atomic E-state index is 5.94. The number of hydrogen-bond donors (Lipinski definition) is 4. The number of unbranched alkanes of at least 4 members (excludes halogenated alkanes) is 9. The Labute approximate surface area is 217 Å². The average Bonchev–Trinajstić information content (AvgIpc) is 3.49. The smallest absolute Gasteiger partial charge is 0.374 e. The molecule has 0 aliphatic rings. The van der Waals surface area contributed by atoms with E-state index in [4.69, 9.17) is 24.7 Å². The third-order valence-electron chi connectivity index (χ3n) is 6.55. The number of H-pyrrole nitrogens is 2. The van der Waals surface area contributed by atoms with E-state index in [1.165, 1.54) is 44.9 Å². The van der Waals surface area contributed by atoms with Crippen molar-refractivity contribution in [1.29, 1.82) is 0 Å². The molecule has 0 bridgehead atoms. The molecule has 0 aliphatic heterocycles. The van der Waals surface area contributed by atoms with Gasteiger partial charge >= 0.3 is 8.80 Å². The summed E-state index contributed by atoms with van der Waals surface area (Å²) in [5, 5.41) is 13.8. The Bertz CT molecular complexity index is 790. The van der Waals surface area contributed by atoms with Crippen LogP contribution in [0, 0.1) is 0 Å². The van der Waals surface area contributed by atoms with Crippen molar-refractivity contribution in [2.75, 3.05) is 31.3 Å². The number of nitrogens with two attached hydrogens (primary N) is 2. The minimum Gasteiger partial charge on any atom is -0.374 e. The molecule has 2 rings (SSSR count). The lowest BCUT2D eigenvalue weighted by atomic mass is 9.82. The topological polar surface area (TPSA) is 163 Å². The number of aromatic nitrogens is 6. The summed E-state index contributed by atoms with van der Waals surface area (Å²) in [6, 6.07) is 0.919. The molecule has 2 aromatic heterocycles. The number of aromatic amines is 2. The Balaban J connectivity index is 1.59. The zero-order valence-electron chi connectivity index (χ0n) is 22.8. The molecule has 0 fully saturated rings. The lowest BCUT2D eigenvalue weighted by Crippen LogP contribution is -2.45. The van der Waals surface area contributed by atoms with E-state index >= 15 is 0 Å². The van der Waals surface area contributed by atoms with Crippen LogP contribution in [-0.4, -0.2) is 59.0 Å². The van der Waals surface area contributed by atoms with Crippen LogP contribution in [0.15, 0.2) is 0 Å². The van der Waals surface area contributed by atoms with Crippen LogP contribution in [0.4, 0.5) is 11.9 Å². The van der Waals surface area contributed by atoms with Gasteiger partial charge in [0.25, 0.3) is 0 Å². The van der Waals surface area contributed by atoms with Crippen LogP contribution in [0.2, 0.25) is 6.04 Å². The molecular weight excluding hydrogens is 476 g/mol. The molecule has 0 atom stereocenters. The second-order valence-corrected chi connectivity index (χ2v) is 12.2. The first-order valence-electron chi connectivity index (χ1n) is 13.7. The van der Waals surface area contributed by atoms with Crippen LogP contribution in [0.3, 0.4) is 0 Å². The third kappa shape index (κ3) is 9.45. The summed E-state index contributed by atoms with van der Waals surface area (Å²) >= 11 is 0. The first kappa shape index (κ1) is 30.2. The maximum atomic E-state index is 5.94. The summed E-state index contributed by atoms with van der Waals surface area (Å²) in [7, 11) is -2.48. The molecule has 206 valence electrons. The van der Waals surface area contributed by atoms with Gasteiger partial charge in [-0.15, -0.1) is 10.2 Å². The molecule has 0 aromatic carbocycles. The maximum Gasteiger partial charge on any atom is 0.500 e. The molecule has 0 unspecified atom stereocenters. The van der Waals surface area contributed by atoms with Crippen LogP contribution >= 0.6 is 0 Å². The summed E-state index contributed by atoms with van der Waals surface area (Å²) in [5.41, 5.74) is 11.0. The molecule has 12 heteroatoms. The van der Waals surface area contributed by atoms with Crippen molar-refractivity contribution in [1.82, 2.24) is 30.4 Å². The Morgan fingerprint density at radius 2 is 1.06 bits per heavy atom. The fraction of sp³-hybridized carbons (Fsp3) is 0.833. The molecule has 0 amide bonds. The van der Waals surface area contributed by atoms with Gasteiger partial charge in [-0.1, -0.05) is 57.8 Å². The molecule has 0 radical (unpaired) electrons. The number of rotatable bonds is 21. The highest BCUT2D eigenvalue weighted by Gasteiger charge is 2.39. The third-order valence-corrected chi connectivity index (χ3v) is 9.70. The largest absolute Gasteiger partial charge is 0.500 e. The molecule has 0 aliphatic carbocycles. The van der Waals surface area contributed by atoms with Crippen molar-refractivity contribution < 1.29 is 13.3 Å². The summed E-state index contributed by atoms with van der Waals surface area (Å²) < 4.78 is 17.8. The van der Waals surface area contributed by atoms with E-state index < -0.39 is 14.2 Å². The van der Waals surface area contributed by atoms with Gasteiger partial charge in [0, 0.05) is 25.9 Å². The van der Waals surface area contributed by atoms with Crippen LogP contribution in [-0.2, 0) is 18.7 Å². The zero-order chi connectivity index (χ0) is 26.3. The second kappa shape index (κ2) is 16.0. The van der Waals surface area contributed by atoms with Gasteiger partial charge in [0.05, 0.1) is 5.41 Å². The first-order valence-corrected chi connectivity index (χ1v) is 15.6. The lowest BCUT2D eigenvalue weighted by Gasteiger charge is -2.28. The second-order valence-electron chi connectivity index (χ2n) is 9.43. The van der Waals surface area contributed by atoms with Crippen LogP contribution < -0.4 is 11.5 Å². The molecule has 0 saturated carbocycles. The van der Waals surface area contributed by atoms with E-state index in [9.17, 15) is 0 Å². The molecule has 2 aromatic rings. The molecule has 6 N–H and O–H groups in total. The highest BCUT2D eigenvalue weighted by Crippen LogP contribution is 2.33. The number of nitrogen functional groups attached to an aromatic ring is 2. The van der Waals surface area contributed by atoms with E-state index in [0.29, 0.717) is 31.5 Å². The minimum absolute atomic E-state index is 0.225. The summed E-state index contributed by atoms with van der Waals surface area (Å²) in [4.78, 5) is 8.69. The van der Waals surface area contributed by atoms with Crippen LogP contribution in [0.25, 0.3) is 0 Å². The van der Waals surface area contributed by atoms with Gasteiger partial charge in [-0.25, -0.2) is 0 Å². The minimum atomic E-state index is -2.48. The molecule has 2 heterocycles. The monoisotopic (exact) mass is 524 g/mol. The van der Waals surface area contributed by atoms with E-state index in [1.54, 1.807) is 0 Å². The molecule has 0 spiro atoms. The number of anilines is 2. The van der Waals surface area contributed by atoms with Gasteiger partial charge in [-0.05, 0) is 40.5 Å². The van der Waals surface area contributed by atoms with Crippen LogP contribution in [0.5, 0.6) is 0 Å². The highest BCUT2D eigenvalue weighted by molar-refractivity contribution is 6.60. The Kier molecular flexibility index (Phi) is 13.4. The summed E-state index contributed by atoms with van der Waals surface area (Å²) in [6.45, 7) is 10.0. The SMILES string of the molecule is CCO[Si](CCCCCCCCCCCCC(C)(c1nc(N)n[nH]1)c1nc(N)n[nH]1)(OCC)OCC. The molecule has 11 nitrogen and oxygen atoms in total. The van der Waals surface area contributed by atoms with E-state index in [0.717, 1.165) is 31.7 Å².